The number of carboxylic acids is 1. The summed E-state index contributed by atoms with van der Waals surface area (Å²) in [5, 5.41) is 20.0. The molecule has 4 aliphatic carbocycles. The number of amides is 1. The van der Waals surface area contributed by atoms with Gasteiger partial charge in [-0.15, -0.1) is 5.10 Å². The Morgan fingerprint density at radius 2 is 1.77 bits per heavy atom. The highest BCUT2D eigenvalue weighted by atomic mass is 32.2. The van der Waals surface area contributed by atoms with Crippen LogP contribution in [-0.4, -0.2) is 33.1 Å². The number of carboxylic acid groups (broad SMARTS) is 1. The second kappa shape index (κ2) is 5.37. The van der Waals surface area contributed by atoms with E-state index in [0.717, 1.165) is 11.8 Å². The van der Waals surface area contributed by atoms with Crippen molar-refractivity contribution in [1.29, 1.82) is 0 Å². The number of nitrogens with zero attached hydrogens (tertiary/aromatic N) is 2. The Labute approximate surface area is 132 Å². The molecule has 5 rings (SSSR count). The largest absolute Gasteiger partial charge is 0.481 e. The lowest BCUT2D eigenvalue weighted by atomic mass is 9.55. The molecular formula is C15H19N3O3S. The highest BCUT2D eigenvalue weighted by molar-refractivity contribution is 8.15. The summed E-state index contributed by atoms with van der Waals surface area (Å²) in [5.41, 5.74) is 1.22. The van der Waals surface area contributed by atoms with E-state index >= 15 is 0 Å². The Bertz CT molecular complexity index is 557. The van der Waals surface area contributed by atoms with Crippen molar-refractivity contribution in [3.05, 3.63) is 0 Å². The number of aliphatic carboxylic acids is 1. The Morgan fingerprint density at radius 3 is 2.36 bits per heavy atom. The quantitative estimate of drug-likeness (QED) is 0.776. The minimum absolute atomic E-state index is 0.180. The molecule has 0 aromatic carbocycles. The third kappa shape index (κ3) is 2.55. The van der Waals surface area contributed by atoms with Crippen LogP contribution in [0.5, 0.6) is 0 Å². The van der Waals surface area contributed by atoms with Crippen LogP contribution in [0, 0.1) is 23.7 Å². The summed E-state index contributed by atoms with van der Waals surface area (Å²) in [6, 6.07) is 0. The lowest BCUT2D eigenvalue weighted by Gasteiger charge is -2.50. The molecule has 5 fully saturated rings. The molecule has 1 heterocycles. The van der Waals surface area contributed by atoms with Gasteiger partial charge < -0.3 is 10.4 Å². The van der Waals surface area contributed by atoms with Crippen molar-refractivity contribution >= 4 is 34.5 Å². The zero-order chi connectivity index (χ0) is 15.3. The Hall–Kier alpha value is -1.37. The Kier molecular flexibility index (Phi) is 3.47. The van der Waals surface area contributed by atoms with E-state index in [9.17, 15) is 9.59 Å². The predicted molar refractivity (Wildman–Crippen MR) is 83.7 cm³/mol. The summed E-state index contributed by atoms with van der Waals surface area (Å²) >= 11 is 1.17. The Morgan fingerprint density at radius 1 is 1.14 bits per heavy atom. The van der Waals surface area contributed by atoms with Crippen molar-refractivity contribution in [2.45, 2.75) is 43.8 Å². The van der Waals surface area contributed by atoms with Crippen LogP contribution in [0.3, 0.4) is 0 Å². The smallest absolute Gasteiger partial charge is 0.305 e. The maximum Gasteiger partial charge on any atom is 0.305 e. The predicted octanol–water partition coefficient (Wildman–Crippen LogP) is 1.86. The first-order valence-corrected chi connectivity index (χ1v) is 8.81. The molecule has 1 aliphatic heterocycles. The first-order chi connectivity index (χ1) is 10.6. The summed E-state index contributed by atoms with van der Waals surface area (Å²) in [6.45, 7) is 0. The van der Waals surface area contributed by atoms with Gasteiger partial charge in [-0.25, -0.2) is 0 Å². The van der Waals surface area contributed by atoms with Gasteiger partial charge in [0.05, 0.1) is 6.42 Å². The van der Waals surface area contributed by atoms with Crippen LogP contribution in [0.1, 0.15) is 38.5 Å². The minimum Gasteiger partial charge on any atom is -0.481 e. The Balaban J connectivity index is 1.47. The molecule has 0 aromatic rings. The molecule has 2 N–H and O–H groups in total. The highest BCUT2D eigenvalue weighted by Gasteiger charge is 2.46. The van der Waals surface area contributed by atoms with E-state index in [4.69, 9.17) is 5.11 Å². The SMILES string of the molecule is O=C(O)C[C@@H]1S/C(=N\N=C2C3CC4CC(C3)CC2C4)NC1=O. The standard InChI is InChI=1S/C15H19N3O3S/c19-12(20)6-11-14(21)16-15(22-11)18-17-13-9-2-7-1-8(4-9)5-10(13)3-7/h7-11H,1-6H2,(H,19,20)(H,16,18,21)/t7?,8?,9?,10?,11-/m0/s1. The summed E-state index contributed by atoms with van der Waals surface area (Å²) in [5.74, 6) is 1.68. The second-order valence-electron chi connectivity index (χ2n) is 6.93. The molecule has 1 amide bonds. The topological polar surface area (TPSA) is 91.1 Å². The van der Waals surface area contributed by atoms with Crippen LogP contribution in [-0.2, 0) is 9.59 Å². The third-order valence-electron chi connectivity index (χ3n) is 5.37. The van der Waals surface area contributed by atoms with E-state index in [-0.39, 0.29) is 12.3 Å². The molecule has 22 heavy (non-hydrogen) atoms. The van der Waals surface area contributed by atoms with Crippen molar-refractivity contribution in [3.63, 3.8) is 0 Å². The van der Waals surface area contributed by atoms with Gasteiger partial charge >= 0.3 is 5.97 Å². The third-order valence-corrected chi connectivity index (χ3v) is 6.44. The molecule has 7 heteroatoms. The van der Waals surface area contributed by atoms with Crippen LogP contribution in [0.25, 0.3) is 0 Å². The van der Waals surface area contributed by atoms with Crippen molar-refractivity contribution in [1.82, 2.24) is 5.32 Å². The van der Waals surface area contributed by atoms with E-state index in [1.54, 1.807) is 0 Å². The zero-order valence-electron chi connectivity index (χ0n) is 12.2. The minimum atomic E-state index is -0.971. The summed E-state index contributed by atoms with van der Waals surface area (Å²) in [7, 11) is 0. The number of hydrogen-bond acceptors (Lipinski definition) is 5. The summed E-state index contributed by atoms with van der Waals surface area (Å²) in [4.78, 5) is 22.4. The maximum absolute atomic E-state index is 11.7. The molecule has 118 valence electrons. The van der Waals surface area contributed by atoms with Gasteiger partial charge in [0.2, 0.25) is 5.91 Å². The molecule has 4 saturated carbocycles. The number of carbonyl (C=O) groups is 2. The van der Waals surface area contributed by atoms with Gasteiger partial charge in [0, 0.05) is 5.71 Å². The average Bonchev–Trinajstić information content (AvgIpc) is 2.77. The fraction of sp³-hybridized carbons (Fsp3) is 0.733. The number of rotatable bonds is 3. The van der Waals surface area contributed by atoms with Gasteiger partial charge in [0.25, 0.3) is 0 Å². The monoisotopic (exact) mass is 321 g/mol. The van der Waals surface area contributed by atoms with Gasteiger partial charge in [-0.3, -0.25) is 9.59 Å². The summed E-state index contributed by atoms with van der Waals surface area (Å²) < 4.78 is 0. The average molecular weight is 321 g/mol. The fourth-order valence-electron chi connectivity index (χ4n) is 4.68. The molecule has 1 saturated heterocycles. The molecule has 5 aliphatic rings. The van der Waals surface area contributed by atoms with Gasteiger partial charge in [0.1, 0.15) is 5.25 Å². The number of thioether (sulfide) groups is 1. The first kappa shape index (κ1) is 14.2. The molecule has 0 radical (unpaired) electrons. The zero-order valence-corrected chi connectivity index (χ0v) is 13.0. The van der Waals surface area contributed by atoms with Crippen molar-refractivity contribution < 1.29 is 14.7 Å². The molecule has 0 aromatic heterocycles. The van der Waals surface area contributed by atoms with Crippen molar-refractivity contribution in [2.24, 2.45) is 33.9 Å². The lowest BCUT2D eigenvalue weighted by Crippen LogP contribution is -2.45. The van der Waals surface area contributed by atoms with E-state index in [1.165, 1.54) is 49.6 Å². The van der Waals surface area contributed by atoms with E-state index in [1.807, 2.05) is 0 Å². The fourth-order valence-corrected chi connectivity index (χ4v) is 5.59. The molecule has 0 unspecified atom stereocenters. The van der Waals surface area contributed by atoms with Crippen molar-refractivity contribution in [2.75, 3.05) is 0 Å². The molecular weight excluding hydrogens is 302 g/mol. The van der Waals surface area contributed by atoms with Crippen molar-refractivity contribution in [3.8, 4) is 0 Å². The molecule has 6 nitrogen and oxygen atoms in total. The van der Waals surface area contributed by atoms with E-state index in [2.05, 4.69) is 15.5 Å². The van der Waals surface area contributed by atoms with Crippen LogP contribution in [0.15, 0.2) is 10.2 Å². The second-order valence-corrected chi connectivity index (χ2v) is 8.12. The van der Waals surface area contributed by atoms with Crippen LogP contribution in [0.2, 0.25) is 0 Å². The van der Waals surface area contributed by atoms with Gasteiger partial charge in [-0.1, -0.05) is 11.8 Å². The van der Waals surface area contributed by atoms with E-state index < -0.39 is 11.2 Å². The normalized spacial score (nSPS) is 41.1. The van der Waals surface area contributed by atoms with Gasteiger partial charge in [-0.2, -0.15) is 5.10 Å². The first-order valence-electron chi connectivity index (χ1n) is 7.93. The maximum atomic E-state index is 11.7. The van der Waals surface area contributed by atoms with Gasteiger partial charge in [0.15, 0.2) is 5.17 Å². The van der Waals surface area contributed by atoms with E-state index in [0.29, 0.717) is 17.0 Å². The number of nitrogens with one attached hydrogen (secondary N) is 1. The molecule has 1 atom stereocenters. The highest BCUT2D eigenvalue weighted by Crippen LogP contribution is 2.52. The van der Waals surface area contributed by atoms with Gasteiger partial charge in [-0.05, 0) is 55.8 Å². The number of hydrogen-bond donors (Lipinski definition) is 2. The number of carbonyl (C=O) groups excluding carboxylic acids is 1. The number of amidine groups is 1. The van der Waals surface area contributed by atoms with Crippen LogP contribution >= 0.6 is 11.8 Å². The lowest BCUT2D eigenvalue weighted by molar-refractivity contribution is -0.138. The summed E-state index contributed by atoms with van der Waals surface area (Å²) in [6.07, 6.45) is 6.21. The molecule has 4 bridgehead atoms. The van der Waals surface area contributed by atoms with Crippen LogP contribution < -0.4 is 5.32 Å². The molecule has 0 spiro atoms. The van der Waals surface area contributed by atoms with Crippen LogP contribution in [0.4, 0.5) is 0 Å².